The second-order valence-electron chi connectivity index (χ2n) is 7.77. The van der Waals surface area contributed by atoms with Crippen molar-refractivity contribution in [2.24, 2.45) is 0 Å². The molecule has 0 aliphatic rings. The van der Waals surface area contributed by atoms with Crippen LogP contribution in [0.25, 0.3) is 23.1 Å². The number of hydrogen-bond acceptors (Lipinski definition) is 4. The molecule has 1 amide bonds. The molecule has 6 nitrogen and oxygen atoms in total. The predicted molar refractivity (Wildman–Crippen MR) is 131 cm³/mol. The van der Waals surface area contributed by atoms with Crippen LogP contribution in [0.4, 0.5) is 11.4 Å². The Morgan fingerprint density at radius 1 is 1.12 bits per heavy atom. The summed E-state index contributed by atoms with van der Waals surface area (Å²) in [7, 11) is 0. The predicted octanol–water partition coefficient (Wildman–Crippen LogP) is 5.49. The number of aromatic amines is 1. The molecule has 0 saturated heterocycles. The van der Waals surface area contributed by atoms with Gasteiger partial charge in [0.15, 0.2) is 0 Å². The average Bonchev–Trinajstić information content (AvgIpc) is 3.18. The van der Waals surface area contributed by atoms with E-state index >= 15 is 0 Å². The van der Waals surface area contributed by atoms with Crippen molar-refractivity contribution in [2.75, 3.05) is 11.9 Å². The van der Waals surface area contributed by atoms with E-state index in [0.717, 1.165) is 44.8 Å². The average molecular weight is 424 g/mol. The summed E-state index contributed by atoms with van der Waals surface area (Å²) in [6.45, 7) is 8.20. The second kappa shape index (κ2) is 9.31. The van der Waals surface area contributed by atoms with Crippen molar-refractivity contribution in [3.8, 4) is 0 Å². The summed E-state index contributed by atoms with van der Waals surface area (Å²) in [5, 5.41) is 14.7. The zero-order valence-corrected chi connectivity index (χ0v) is 18.1. The van der Waals surface area contributed by atoms with E-state index in [1.165, 1.54) is 0 Å². The SMILES string of the molecule is C=C(C)CNC(=O)c1ccccc1Nc1ccc2c(C=Cc3cc(C)ccn3)n[nH]c2c1. The van der Waals surface area contributed by atoms with Gasteiger partial charge in [0.1, 0.15) is 0 Å². The van der Waals surface area contributed by atoms with Crippen LogP contribution < -0.4 is 10.6 Å². The number of pyridine rings is 1. The van der Waals surface area contributed by atoms with Gasteiger partial charge in [-0.05, 0) is 74.0 Å². The zero-order chi connectivity index (χ0) is 22.5. The number of carbonyl (C=O) groups is 1. The van der Waals surface area contributed by atoms with Crippen LogP contribution in [0.1, 0.15) is 34.2 Å². The van der Waals surface area contributed by atoms with Crippen molar-refractivity contribution in [2.45, 2.75) is 13.8 Å². The van der Waals surface area contributed by atoms with Crippen LogP contribution in [0.15, 0.2) is 72.9 Å². The van der Waals surface area contributed by atoms with E-state index < -0.39 is 0 Å². The van der Waals surface area contributed by atoms with Crippen LogP contribution in [-0.2, 0) is 0 Å². The largest absolute Gasteiger partial charge is 0.355 e. The van der Waals surface area contributed by atoms with Gasteiger partial charge in [-0.3, -0.25) is 14.9 Å². The maximum absolute atomic E-state index is 12.6. The molecule has 0 saturated carbocycles. The molecule has 2 heterocycles. The summed E-state index contributed by atoms with van der Waals surface area (Å²) in [4.78, 5) is 16.9. The summed E-state index contributed by atoms with van der Waals surface area (Å²) < 4.78 is 0. The number of nitrogens with zero attached hydrogens (tertiary/aromatic N) is 2. The van der Waals surface area contributed by atoms with Crippen LogP contribution in [0, 0.1) is 6.92 Å². The molecule has 2 aromatic heterocycles. The van der Waals surface area contributed by atoms with E-state index in [9.17, 15) is 4.79 Å². The van der Waals surface area contributed by atoms with E-state index in [-0.39, 0.29) is 5.91 Å². The van der Waals surface area contributed by atoms with Gasteiger partial charge in [-0.25, -0.2) is 0 Å². The Kier molecular flexibility index (Phi) is 6.12. The third kappa shape index (κ3) is 4.92. The van der Waals surface area contributed by atoms with E-state index in [2.05, 4.69) is 32.4 Å². The van der Waals surface area contributed by atoms with E-state index in [1.807, 2.05) is 74.5 Å². The normalized spacial score (nSPS) is 11.1. The number of fused-ring (bicyclic) bond motifs is 1. The van der Waals surface area contributed by atoms with Crippen molar-refractivity contribution in [1.29, 1.82) is 0 Å². The van der Waals surface area contributed by atoms with Crippen molar-refractivity contribution >= 4 is 40.3 Å². The number of H-pyrrole nitrogens is 1. The number of rotatable bonds is 7. The number of carbonyl (C=O) groups excluding carboxylic acids is 1. The minimum absolute atomic E-state index is 0.143. The number of amides is 1. The molecule has 160 valence electrons. The van der Waals surface area contributed by atoms with Crippen LogP contribution in [0.3, 0.4) is 0 Å². The quantitative estimate of drug-likeness (QED) is 0.344. The van der Waals surface area contributed by atoms with Gasteiger partial charge in [-0.1, -0.05) is 24.3 Å². The number of para-hydroxylation sites is 1. The van der Waals surface area contributed by atoms with Crippen LogP contribution >= 0.6 is 0 Å². The number of aromatic nitrogens is 3. The van der Waals surface area contributed by atoms with Gasteiger partial charge in [-0.2, -0.15) is 5.10 Å². The van der Waals surface area contributed by atoms with Gasteiger partial charge in [-0.15, -0.1) is 0 Å². The summed E-state index contributed by atoms with van der Waals surface area (Å²) in [5.74, 6) is -0.143. The standard InChI is InChI=1S/C26H25N5O/c1-17(2)16-28-26(32)22-6-4-5-7-23(22)29-20-8-10-21-24(30-31-25(21)15-20)11-9-19-14-18(3)12-13-27-19/h4-15,29H,1,16H2,2-3H3,(H,28,32)(H,30,31). The highest BCUT2D eigenvalue weighted by molar-refractivity contribution is 6.00. The Morgan fingerprint density at radius 2 is 1.97 bits per heavy atom. The second-order valence-corrected chi connectivity index (χ2v) is 7.77. The van der Waals surface area contributed by atoms with Crippen molar-refractivity contribution in [3.63, 3.8) is 0 Å². The van der Waals surface area contributed by atoms with Gasteiger partial charge in [0.2, 0.25) is 0 Å². The minimum atomic E-state index is -0.143. The molecular weight excluding hydrogens is 398 g/mol. The highest BCUT2D eigenvalue weighted by Gasteiger charge is 2.11. The lowest BCUT2D eigenvalue weighted by atomic mass is 10.1. The Labute approximate surface area is 187 Å². The lowest BCUT2D eigenvalue weighted by Crippen LogP contribution is -2.25. The summed E-state index contributed by atoms with van der Waals surface area (Å²) in [6, 6.07) is 17.4. The molecule has 0 spiro atoms. The number of aryl methyl sites for hydroxylation is 1. The fraction of sp³-hybridized carbons (Fsp3) is 0.115. The van der Waals surface area contributed by atoms with Crippen molar-refractivity contribution < 1.29 is 4.79 Å². The number of benzene rings is 2. The Bertz CT molecular complexity index is 1320. The van der Waals surface area contributed by atoms with Crippen LogP contribution in [0.5, 0.6) is 0 Å². The molecule has 4 rings (SSSR count). The zero-order valence-electron chi connectivity index (χ0n) is 18.1. The third-order valence-corrected chi connectivity index (χ3v) is 4.94. The molecule has 32 heavy (non-hydrogen) atoms. The van der Waals surface area contributed by atoms with Crippen LogP contribution in [0.2, 0.25) is 0 Å². The molecule has 3 N–H and O–H groups in total. The maximum Gasteiger partial charge on any atom is 0.253 e. The fourth-order valence-electron chi connectivity index (χ4n) is 3.33. The monoisotopic (exact) mass is 423 g/mol. The Morgan fingerprint density at radius 3 is 2.78 bits per heavy atom. The molecule has 0 aliphatic carbocycles. The molecular formula is C26H25N5O. The fourth-order valence-corrected chi connectivity index (χ4v) is 3.33. The van der Waals surface area contributed by atoms with Crippen molar-refractivity contribution in [3.05, 3.63) is 95.5 Å². The van der Waals surface area contributed by atoms with E-state index in [4.69, 9.17) is 0 Å². The highest BCUT2D eigenvalue weighted by Crippen LogP contribution is 2.26. The molecule has 4 aromatic rings. The Balaban J connectivity index is 1.55. The van der Waals surface area contributed by atoms with Crippen molar-refractivity contribution in [1.82, 2.24) is 20.5 Å². The topological polar surface area (TPSA) is 82.7 Å². The van der Waals surface area contributed by atoms with E-state index in [0.29, 0.717) is 12.1 Å². The van der Waals surface area contributed by atoms with Gasteiger partial charge >= 0.3 is 0 Å². The Hall–Kier alpha value is -4.19. The number of anilines is 2. The first-order chi connectivity index (χ1) is 15.5. The van der Waals surface area contributed by atoms with E-state index in [1.54, 1.807) is 12.3 Å². The summed E-state index contributed by atoms with van der Waals surface area (Å²) in [5.41, 5.74) is 6.86. The lowest BCUT2D eigenvalue weighted by molar-refractivity contribution is 0.0958. The molecule has 0 aliphatic heterocycles. The molecule has 0 fully saturated rings. The first kappa shape index (κ1) is 21.1. The van der Waals surface area contributed by atoms with Gasteiger partial charge < -0.3 is 10.6 Å². The molecule has 0 unspecified atom stereocenters. The highest BCUT2D eigenvalue weighted by atomic mass is 16.1. The smallest absolute Gasteiger partial charge is 0.253 e. The lowest BCUT2D eigenvalue weighted by Gasteiger charge is -2.12. The third-order valence-electron chi connectivity index (χ3n) is 4.94. The first-order valence-electron chi connectivity index (χ1n) is 10.4. The van der Waals surface area contributed by atoms with Gasteiger partial charge in [0.05, 0.1) is 28.2 Å². The molecule has 2 aromatic carbocycles. The summed E-state index contributed by atoms with van der Waals surface area (Å²) >= 11 is 0. The summed E-state index contributed by atoms with van der Waals surface area (Å²) in [6.07, 6.45) is 5.70. The molecule has 0 bridgehead atoms. The number of nitrogens with one attached hydrogen (secondary N) is 3. The molecule has 6 heteroatoms. The van der Waals surface area contributed by atoms with Gasteiger partial charge in [0.25, 0.3) is 5.91 Å². The van der Waals surface area contributed by atoms with Gasteiger partial charge in [0, 0.05) is 23.8 Å². The van der Waals surface area contributed by atoms with Crippen LogP contribution in [-0.4, -0.2) is 27.6 Å². The first-order valence-corrected chi connectivity index (χ1v) is 10.4. The molecule has 0 radical (unpaired) electrons. The maximum atomic E-state index is 12.6. The number of hydrogen-bond donors (Lipinski definition) is 3. The minimum Gasteiger partial charge on any atom is -0.355 e. The molecule has 0 atom stereocenters.